The van der Waals surface area contributed by atoms with Gasteiger partial charge in [-0.1, -0.05) is 40.9 Å². The Balaban J connectivity index is 2.35. The highest BCUT2D eigenvalue weighted by Gasteiger charge is 2.09. The van der Waals surface area contributed by atoms with Crippen molar-refractivity contribution in [1.82, 2.24) is 4.98 Å². The van der Waals surface area contributed by atoms with Crippen molar-refractivity contribution in [3.8, 4) is 0 Å². The Bertz CT molecular complexity index is 642. The van der Waals surface area contributed by atoms with Gasteiger partial charge in [0, 0.05) is 25.5 Å². The topological polar surface area (TPSA) is 28.2 Å². The molecule has 0 aliphatic carbocycles. The van der Waals surface area contributed by atoms with Gasteiger partial charge in [-0.3, -0.25) is 0 Å². The third-order valence-electron chi connectivity index (χ3n) is 2.84. The van der Waals surface area contributed by atoms with E-state index in [-0.39, 0.29) is 5.15 Å². The van der Waals surface area contributed by atoms with Crippen molar-refractivity contribution in [3.05, 3.63) is 45.0 Å². The molecular formula is C14H14Cl3N3. The van der Waals surface area contributed by atoms with Crippen LogP contribution in [0, 0.1) is 6.92 Å². The van der Waals surface area contributed by atoms with Crippen LogP contribution in [0.3, 0.4) is 0 Å². The summed E-state index contributed by atoms with van der Waals surface area (Å²) in [5.74, 6) is 0.481. The molecule has 0 aliphatic rings. The minimum absolute atomic E-state index is 0.221. The fourth-order valence-corrected chi connectivity index (χ4v) is 2.38. The Morgan fingerprint density at radius 1 is 1.05 bits per heavy atom. The van der Waals surface area contributed by atoms with E-state index in [2.05, 4.69) is 17.2 Å². The molecule has 0 aliphatic heterocycles. The molecule has 1 aromatic heterocycles. The fourth-order valence-electron chi connectivity index (χ4n) is 1.84. The molecule has 0 saturated heterocycles. The third-order valence-corrected chi connectivity index (χ3v) is 3.80. The number of nitrogens with one attached hydrogen (secondary N) is 1. The lowest BCUT2D eigenvalue weighted by Gasteiger charge is -2.17. The molecule has 3 nitrogen and oxygen atoms in total. The number of hydrogen-bond acceptors (Lipinski definition) is 3. The van der Waals surface area contributed by atoms with Gasteiger partial charge in [0.05, 0.1) is 10.0 Å². The van der Waals surface area contributed by atoms with Crippen LogP contribution >= 0.6 is 34.8 Å². The van der Waals surface area contributed by atoms with Gasteiger partial charge in [0.15, 0.2) is 5.82 Å². The van der Waals surface area contributed by atoms with Gasteiger partial charge in [-0.05, 0) is 30.7 Å². The normalized spacial score (nSPS) is 10.5. The van der Waals surface area contributed by atoms with E-state index >= 15 is 0 Å². The first-order valence-electron chi connectivity index (χ1n) is 5.95. The molecule has 0 unspecified atom stereocenters. The molecule has 0 radical (unpaired) electrons. The van der Waals surface area contributed by atoms with Gasteiger partial charge >= 0.3 is 0 Å². The van der Waals surface area contributed by atoms with Gasteiger partial charge in [-0.15, -0.1) is 0 Å². The van der Waals surface area contributed by atoms with Crippen molar-refractivity contribution in [2.45, 2.75) is 6.92 Å². The predicted octanol–water partition coefficient (Wildman–Crippen LogP) is 5.16. The van der Waals surface area contributed by atoms with Crippen molar-refractivity contribution >= 4 is 52.0 Å². The lowest BCUT2D eigenvalue weighted by Crippen LogP contribution is -2.10. The molecule has 0 fully saturated rings. The Morgan fingerprint density at radius 2 is 1.75 bits per heavy atom. The lowest BCUT2D eigenvalue weighted by molar-refractivity contribution is 1.11. The molecule has 0 amide bonds. The minimum atomic E-state index is 0.221. The van der Waals surface area contributed by atoms with E-state index in [0.29, 0.717) is 15.9 Å². The molecule has 1 aromatic carbocycles. The second kappa shape index (κ2) is 6.08. The molecule has 0 saturated carbocycles. The molecule has 1 heterocycles. The average molecular weight is 331 g/mol. The first kappa shape index (κ1) is 15.2. The summed E-state index contributed by atoms with van der Waals surface area (Å²) in [4.78, 5) is 6.19. The number of aryl methyl sites for hydroxylation is 1. The maximum absolute atomic E-state index is 6.11. The first-order valence-corrected chi connectivity index (χ1v) is 7.08. The number of nitrogens with zero attached hydrogens (tertiary/aromatic N) is 2. The summed E-state index contributed by atoms with van der Waals surface area (Å²) in [5.41, 5.74) is 3.19. The predicted molar refractivity (Wildman–Crippen MR) is 88.1 cm³/mol. The van der Waals surface area contributed by atoms with E-state index in [1.165, 1.54) is 5.56 Å². The summed E-state index contributed by atoms with van der Waals surface area (Å²) >= 11 is 17.9. The molecular weight excluding hydrogens is 317 g/mol. The summed E-state index contributed by atoms with van der Waals surface area (Å²) in [5, 5.41) is 4.13. The number of pyridine rings is 1. The maximum atomic E-state index is 6.11. The van der Waals surface area contributed by atoms with Crippen molar-refractivity contribution in [1.29, 1.82) is 0 Å². The molecule has 0 bridgehead atoms. The average Bonchev–Trinajstić information content (AvgIpc) is 2.37. The summed E-state index contributed by atoms with van der Waals surface area (Å²) < 4.78 is 0. The molecule has 2 aromatic rings. The number of anilines is 3. The highest BCUT2D eigenvalue weighted by molar-refractivity contribution is 6.43. The molecule has 0 atom stereocenters. The smallest absolute Gasteiger partial charge is 0.151 e. The Hall–Kier alpha value is -1.16. The van der Waals surface area contributed by atoms with Gasteiger partial charge < -0.3 is 10.2 Å². The number of halogens is 3. The first-order chi connectivity index (χ1) is 9.38. The summed E-state index contributed by atoms with van der Waals surface area (Å²) in [7, 11) is 3.99. The van der Waals surface area contributed by atoms with Gasteiger partial charge in [-0.2, -0.15) is 0 Å². The zero-order valence-corrected chi connectivity index (χ0v) is 13.6. The summed E-state index contributed by atoms with van der Waals surface area (Å²) in [6.07, 6.45) is 0. The van der Waals surface area contributed by atoms with Crippen LogP contribution in [-0.4, -0.2) is 19.1 Å². The summed E-state index contributed by atoms with van der Waals surface area (Å²) in [6.45, 7) is 2.06. The molecule has 0 spiro atoms. The highest BCUT2D eigenvalue weighted by Crippen LogP contribution is 2.32. The standard InChI is InChI=1S/C14H14Cl3N3/c1-8-4-5-9(6-12(8)20(2)3)18-14-11(16)7-10(15)13(17)19-14/h4-7H,1-3H3,(H,18,19). The van der Waals surface area contributed by atoms with Crippen LogP contribution in [0.1, 0.15) is 5.56 Å². The third kappa shape index (κ3) is 3.29. The van der Waals surface area contributed by atoms with Crippen molar-refractivity contribution in [3.63, 3.8) is 0 Å². The van der Waals surface area contributed by atoms with Crippen molar-refractivity contribution in [2.24, 2.45) is 0 Å². The monoisotopic (exact) mass is 329 g/mol. The van der Waals surface area contributed by atoms with Gasteiger partial charge in [0.1, 0.15) is 5.15 Å². The maximum Gasteiger partial charge on any atom is 0.151 e. The van der Waals surface area contributed by atoms with Crippen LogP contribution in [0.25, 0.3) is 0 Å². The van der Waals surface area contributed by atoms with E-state index < -0.39 is 0 Å². The van der Waals surface area contributed by atoms with Crippen LogP contribution in [0.2, 0.25) is 15.2 Å². The second-order valence-electron chi connectivity index (χ2n) is 4.61. The SMILES string of the molecule is Cc1ccc(Nc2nc(Cl)c(Cl)cc2Cl)cc1N(C)C. The number of benzene rings is 1. The molecule has 20 heavy (non-hydrogen) atoms. The van der Waals surface area contributed by atoms with E-state index in [0.717, 1.165) is 11.4 Å². The Labute approximate surface area is 133 Å². The van der Waals surface area contributed by atoms with Crippen LogP contribution in [0.5, 0.6) is 0 Å². The van der Waals surface area contributed by atoms with Gasteiger partial charge in [0.2, 0.25) is 0 Å². The van der Waals surface area contributed by atoms with Crippen LogP contribution in [0.4, 0.5) is 17.2 Å². The Kier molecular flexibility index (Phi) is 4.63. The van der Waals surface area contributed by atoms with Crippen LogP contribution in [-0.2, 0) is 0 Å². The second-order valence-corrected chi connectivity index (χ2v) is 5.78. The molecule has 2 rings (SSSR count). The minimum Gasteiger partial charge on any atom is -0.377 e. The van der Waals surface area contributed by atoms with Crippen molar-refractivity contribution in [2.75, 3.05) is 24.3 Å². The van der Waals surface area contributed by atoms with E-state index in [1.807, 2.05) is 37.2 Å². The van der Waals surface area contributed by atoms with Crippen LogP contribution in [0.15, 0.2) is 24.3 Å². The Morgan fingerprint density at radius 3 is 2.40 bits per heavy atom. The molecule has 106 valence electrons. The molecule has 6 heteroatoms. The number of rotatable bonds is 3. The van der Waals surface area contributed by atoms with Crippen LogP contribution < -0.4 is 10.2 Å². The number of hydrogen-bond donors (Lipinski definition) is 1. The zero-order valence-electron chi connectivity index (χ0n) is 11.3. The quantitative estimate of drug-likeness (QED) is 0.788. The van der Waals surface area contributed by atoms with E-state index in [4.69, 9.17) is 34.8 Å². The largest absolute Gasteiger partial charge is 0.377 e. The highest BCUT2D eigenvalue weighted by atomic mass is 35.5. The van der Waals surface area contributed by atoms with Gasteiger partial charge in [0.25, 0.3) is 0 Å². The van der Waals surface area contributed by atoms with E-state index in [9.17, 15) is 0 Å². The summed E-state index contributed by atoms with van der Waals surface area (Å²) in [6, 6.07) is 7.59. The zero-order chi connectivity index (χ0) is 14.9. The van der Waals surface area contributed by atoms with Gasteiger partial charge in [-0.25, -0.2) is 4.98 Å². The number of aromatic nitrogens is 1. The van der Waals surface area contributed by atoms with Crippen molar-refractivity contribution < 1.29 is 0 Å². The lowest BCUT2D eigenvalue weighted by atomic mass is 10.1. The fraction of sp³-hybridized carbons (Fsp3) is 0.214. The van der Waals surface area contributed by atoms with E-state index in [1.54, 1.807) is 6.07 Å². The molecule has 1 N–H and O–H groups in total.